The van der Waals surface area contributed by atoms with Crippen molar-refractivity contribution in [1.82, 2.24) is 4.98 Å². The van der Waals surface area contributed by atoms with Crippen molar-refractivity contribution in [2.75, 3.05) is 5.73 Å². The van der Waals surface area contributed by atoms with Gasteiger partial charge in [0.05, 0.1) is 5.69 Å². The Hall–Kier alpha value is -1.49. The zero-order chi connectivity index (χ0) is 8.43. The molecule has 1 aromatic heterocycles. The third kappa shape index (κ3) is 1.32. The second-order valence-corrected chi connectivity index (χ2v) is 2.49. The summed E-state index contributed by atoms with van der Waals surface area (Å²) in [7, 11) is 0. The number of nitrogen functional groups attached to an aromatic ring is 1. The van der Waals surface area contributed by atoms with E-state index in [2.05, 4.69) is 10.9 Å². The summed E-state index contributed by atoms with van der Waals surface area (Å²) in [5.41, 5.74) is 8.71. The number of aromatic nitrogens is 1. The lowest BCUT2D eigenvalue weighted by atomic mass is 10.2. The Morgan fingerprint density at radius 3 is 2.73 bits per heavy atom. The Morgan fingerprint density at radius 2 is 2.18 bits per heavy atom. The highest BCUT2D eigenvalue weighted by atomic mass is 14.7. The van der Waals surface area contributed by atoms with Crippen molar-refractivity contribution in [2.24, 2.45) is 0 Å². The van der Waals surface area contributed by atoms with Gasteiger partial charge in [-0.05, 0) is 31.4 Å². The number of nitrogens with two attached hydrogens (primary N) is 1. The average Bonchev–Trinajstić information content (AvgIpc) is 1.96. The van der Waals surface area contributed by atoms with Crippen LogP contribution in [0, 0.1) is 26.2 Å². The van der Waals surface area contributed by atoms with E-state index in [4.69, 9.17) is 12.2 Å². The molecule has 56 valence electrons. The van der Waals surface area contributed by atoms with E-state index in [1.165, 1.54) is 0 Å². The molecule has 1 aromatic rings. The molecule has 0 amide bonds. The quantitative estimate of drug-likeness (QED) is 0.560. The minimum atomic E-state index is 0.544. The normalized spacial score (nSPS) is 9.18. The Kier molecular flexibility index (Phi) is 1.82. The first kappa shape index (κ1) is 7.62. The van der Waals surface area contributed by atoms with Crippen LogP contribution in [0.15, 0.2) is 6.07 Å². The molecule has 2 N–H and O–H groups in total. The molecule has 11 heavy (non-hydrogen) atoms. The van der Waals surface area contributed by atoms with Gasteiger partial charge in [-0.25, -0.2) is 4.98 Å². The summed E-state index contributed by atoms with van der Waals surface area (Å²) in [6.07, 6.45) is 5.20. The van der Waals surface area contributed by atoms with Crippen LogP contribution in [-0.4, -0.2) is 4.98 Å². The van der Waals surface area contributed by atoms with E-state index in [0.29, 0.717) is 11.4 Å². The van der Waals surface area contributed by atoms with E-state index >= 15 is 0 Å². The van der Waals surface area contributed by atoms with Gasteiger partial charge in [-0.3, -0.25) is 0 Å². The van der Waals surface area contributed by atoms with Crippen LogP contribution >= 0.6 is 0 Å². The maximum absolute atomic E-state index is 5.66. The van der Waals surface area contributed by atoms with Crippen molar-refractivity contribution in [3.63, 3.8) is 0 Å². The van der Waals surface area contributed by atoms with Crippen molar-refractivity contribution < 1.29 is 0 Å². The van der Waals surface area contributed by atoms with E-state index in [1.807, 2.05) is 19.9 Å². The molecule has 0 saturated heterocycles. The number of anilines is 1. The van der Waals surface area contributed by atoms with Crippen molar-refractivity contribution in [3.8, 4) is 12.3 Å². The van der Waals surface area contributed by atoms with Gasteiger partial charge in [-0.1, -0.05) is 0 Å². The largest absolute Gasteiger partial charge is 0.396 e. The Balaban J connectivity index is 3.39. The van der Waals surface area contributed by atoms with Crippen LogP contribution in [-0.2, 0) is 0 Å². The van der Waals surface area contributed by atoms with Gasteiger partial charge in [0.1, 0.15) is 5.69 Å². The molecule has 0 fully saturated rings. The molecule has 0 spiro atoms. The van der Waals surface area contributed by atoms with E-state index in [1.54, 1.807) is 0 Å². The van der Waals surface area contributed by atoms with Gasteiger partial charge in [-0.2, -0.15) is 0 Å². The standard InChI is InChI=1S/C9H10N2/c1-4-8-9(10)6(2)5-7(3)11-8/h1,5H,10H2,2-3H3. The van der Waals surface area contributed by atoms with Crippen LogP contribution in [0.5, 0.6) is 0 Å². The van der Waals surface area contributed by atoms with Gasteiger partial charge in [-0.15, -0.1) is 6.42 Å². The van der Waals surface area contributed by atoms with Gasteiger partial charge < -0.3 is 5.73 Å². The van der Waals surface area contributed by atoms with Gasteiger partial charge in [0.15, 0.2) is 0 Å². The molecular weight excluding hydrogens is 136 g/mol. The Morgan fingerprint density at radius 1 is 1.55 bits per heavy atom. The van der Waals surface area contributed by atoms with Crippen LogP contribution in [0.25, 0.3) is 0 Å². The zero-order valence-electron chi connectivity index (χ0n) is 6.68. The number of nitrogens with zero attached hydrogens (tertiary/aromatic N) is 1. The molecule has 0 radical (unpaired) electrons. The lowest BCUT2D eigenvalue weighted by Gasteiger charge is -2.02. The SMILES string of the molecule is C#Cc1nc(C)cc(C)c1N. The molecular formula is C9H10N2. The van der Waals surface area contributed by atoms with Gasteiger partial charge in [0.2, 0.25) is 0 Å². The molecule has 0 unspecified atom stereocenters. The summed E-state index contributed by atoms with van der Waals surface area (Å²) in [6.45, 7) is 3.82. The summed E-state index contributed by atoms with van der Waals surface area (Å²) >= 11 is 0. The van der Waals surface area contributed by atoms with Crippen molar-refractivity contribution in [1.29, 1.82) is 0 Å². The predicted molar refractivity (Wildman–Crippen MR) is 46.1 cm³/mol. The third-order valence-corrected chi connectivity index (χ3v) is 1.53. The second kappa shape index (κ2) is 2.63. The highest BCUT2D eigenvalue weighted by Crippen LogP contribution is 2.14. The minimum absolute atomic E-state index is 0.544. The molecule has 0 aliphatic heterocycles. The number of pyridine rings is 1. The Bertz CT molecular complexity index is 321. The molecule has 0 bridgehead atoms. The summed E-state index contributed by atoms with van der Waals surface area (Å²) in [4.78, 5) is 4.09. The second-order valence-electron chi connectivity index (χ2n) is 2.49. The molecule has 0 aliphatic carbocycles. The van der Waals surface area contributed by atoms with Crippen LogP contribution < -0.4 is 5.73 Å². The van der Waals surface area contributed by atoms with Gasteiger partial charge >= 0.3 is 0 Å². The fourth-order valence-electron chi connectivity index (χ4n) is 0.957. The van der Waals surface area contributed by atoms with E-state index < -0.39 is 0 Å². The average molecular weight is 146 g/mol. The van der Waals surface area contributed by atoms with Gasteiger partial charge in [0, 0.05) is 5.69 Å². The highest BCUT2D eigenvalue weighted by molar-refractivity contribution is 5.56. The molecule has 2 heteroatoms. The number of terminal acetylenes is 1. The van der Waals surface area contributed by atoms with Crippen molar-refractivity contribution in [2.45, 2.75) is 13.8 Å². The van der Waals surface area contributed by atoms with Crippen molar-refractivity contribution in [3.05, 3.63) is 23.0 Å². The fraction of sp³-hybridized carbons (Fsp3) is 0.222. The first-order valence-electron chi connectivity index (χ1n) is 3.35. The van der Waals surface area contributed by atoms with Crippen LogP contribution in [0.4, 0.5) is 5.69 Å². The molecule has 0 saturated carbocycles. The summed E-state index contributed by atoms with van der Waals surface area (Å²) in [5, 5.41) is 0. The lowest BCUT2D eigenvalue weighted by molar-refractivity contribution is 1.16. The zero-order valence-corrected chi connectivity index (χ0v) is 6.68. The lowest BCUT2D eigenvalue weighted by Crippen LogP contribution is -1.98. The van der Waals surface area contributed by atoms with E-state index in [9.17, 15) is 0 Å². The molecule has 2 nitrogen and oxygen atoms in total. The topological polar surface area (TPSA) is 38.9 Å². The van der Waals surface area contributed by atoms with Crippen LogP contribution in [0.2, 0.25) is 0 Å². The number of aryl methyl sites for hydroxylation is 2. The molecule has 0 aromatic carbocycles. The van der Waals surface area contributed by atoms with Crippen molar-refractivity contribution >= 4 is 5.69 Å². The first-order valence-corrected chi connectivity index (χ1v) is 3.35. The monoisotopic (exact) mass is 146 g/mol. The number of rotatable bonds is 0. The summed E-state index contributed by atoms with van der Waals surface area (Å²) in [6, 6.07) is 1.91. The van der Waals surface area contributed by atoms with E-state index in [-0.39, 0.29) is 0 Å². The summed E-state index contributed by atoms with van der Waals surface area (Å²) < 4.78 is 0. The summed E-state index contributed by atoms with van der Waals surface area (Å²) in [5.74, 6) is 2.44. The first-order chi connectivity index (χ1) is 5.15. The predicted octanol–water partition coefficient (Wildman–Crippen LogP) is 1.26. The highest BCUT2D eigenvalue weighted by Gasteiger charge is 2.00. The third-order valence-electron chi connectivity index (χ3n) is 1.53. The molecule has 1 heterocycles. The van der Waals surface area contributed by atoms with Crippen LogP contribution in [0.1, 0.15) is 17.0 Å². The van der Waals surface area contributed by atoms with Crippen LogP contribution in [0.3, 0.4) is 0 Å². The number of hydrogen-bond donors (Lipinski definition) is 1. The number of hydrogen-bond acceptors (Lipinski definition) is 2. The van der Waals surface area contributed by atoms with E-state index in [0.717, 1.165) is 11.3 Å². The Labute approximate surface area is 66.4 Å². The smallest absolute Gasteiger partial charge is 0.136 e. The maximum Gasteiger partial charge on any atom is 0.136 e. The molecule has 0 aliphatic rings. The maximum atomic E-state index is 5.66. The molecule has 1 rings (SSSR count). The molecule has 0 atom stereocenters. The minimum Gasteiger partial charge on any atom is -0.396 e. The fourth-order valence-corrected chi connectivity index (χ4v) is 0.957. The van der Waals surface area contributed by atoms with Gasteiger partial charge in [0.25, 0.3) is 0 Å².